The Morgan fingerprint density at radius 2 is 1.69 bits per heavy atom. The second-order valence-electron chi connectivity index (χ2n) is 7.71. The molecule has 0 aliphatic carbocycles. The van der Waals surface area contributed by atoms with Crippen LogP contribution >= 0.6 is 0 Å². The number of carbonyl (C=O) groups is 2. The Kier molecular flexibility index (Phi) is 7.01. The molecule has 0 radical (unpaired) electrons. The van der Waals surface area contributed by atoms with Crippen molar-refractivity contribution in [2.75, 3.05) is 25.0 Å². The first-order chi connectivity index (χ1) is 13.9. The highest BCUT2D eigenvalue weighted by atomic mass is 16.5. The van der Waals surface area contributed by atoms with Crippen molar-refractivity contribution in [2.45, 2.75) is 39.5 Å². The summed E-state index contributed by atoms with van der Waals surface area (Å²) >= 11 is 0. The smallest absolute Gasteiger partial charge is 0.253 e. The molecule has 2 aromatic rings. The number of carbonyl (C=O) groups excluding carboxylic acids is 2. The van der Waals surface area contributed by atoms with E-state index in [1.54, 1.807) is 18.2 Å². The maximum atomic E-state index is 12.7. The molecule has 1 aliphatic rings. The van der Waals surface area contributed by atoms with Crippen molar-refractivity contribution in [1.82, 2.24) is 10.2 Å². The van der Waals surface area contributed by atoms with Crippen LogP contribution in [0.4, 0.5) is 5.69 Å². The Morgan fingerprint density at radius 1 is 1.03 bits per heavy atom. The van der Waals surface area contributed by atoms with Crippen LogP contribution in [-0.2, 0) is 16.1 Å². The van der Waals surface area contributed by atoms with Crippen LogP contribution in [0.2, 0.25) is 0 Å². The van der Waals surface area contributed by atoms with Crippen LogP contribution in [0.25, 0.3) is 0 Å². The number of nitrogens with zero attached hydrogens (tertiary/aromatic N) is 1. The highest BCUT2D eigenvalue weighted by Crippen LogP contribution is 2.16. The first-order valence-corrected chi connectivity index (χ1v) is 10.0. The van der Waals surface area contributed by atoms with Crippen LogP contribution in [0.15, 0.2) is 48.5 Å². The van der Waals surface area contributed by atoms with Crippen molar-refractivity contribution < 1.29 is 14.3 Å². The lowest BCUT2D eigenvalue weighted by atomic mass is 10.1. The molecule has 2 amide bonds. The maximum Gasteiger partial charge on any atom is 0.253 e. The van der Waals surface area contributed by atoms with E-state index in [0.29, 0.717) is 17.8 Å². The summed E-state index contributed by atoms with van der Waals surface area (Å²) in [6.07, 6.45) is 0.206. The molecular weight excluding hydrogens is 366 g/mol. The lowest BCUT2D eigenvalue weighted by Crippen LogP contribution is -2.48. The van der Waals surface area contributed by atoms with Gasteiger partial charge in [-0.1, -0.05) is 42.0 Å². The predicted octanol–water partition coefficient (Wildman–Crippen LogP) is 2.97. The molecule has 29 heavy (non-hydrogen) atoms. The van der Waals surface area contributed by atoms with E-state index in [-0.39, 0.29) is 30.6 Å². The van der Waals surface area contributed by atoms with Gasteiger partial charge in [-0.3, -0.25) is 14.5 Å². The van der Waals surface area contributed by atoms with E-state index >= 15 is 0 Å². The molecule has 0 spiro atoms. The van der Waals surface area contributed by atoms with Crippen molar-refractivity contribution in [3.05, 3.63) is 65.2 Å². The number of benzene rings is 2. The van der Waals surface area contributed by atoms with Gasteiger partial charge >= 0.3 is 0 Å². The van der Waals surface area contributed by atoms with Gasteiger partial charge in [0, 0.05) is 19.6 Å². The van der Waals surface area contributed by atoms with Crippen molar-refractivity contribution >= 4 is 17.5 Å². The maximum absolute atomic E-state index is 12.7. The van der Waals surface area contributed by atoms with Gasteiger partial charge < -0.3 is 15.4 Å². The van der Waals surface area contributed by atoms with Crippen LogP contribution in [0.3, 0.4) is 0 Å². The molecule has 2 atom stereocenters. The highest BCUT2D eigenvalue weighted by Gasteiger charge is 2.24. The van der Waals surface area contributed by atoms with Gasteiger partial charge in [0.05, 0.1) is 30.0 Å². The first kappa shape index (κ1) is 21.0. The fourth-order valence-corrected chi connectivity index (χ4v) is 3.58. The molecule has 1 heterocycles. The third-order valence-corrected chi connectivity index (χ3v) is 4.88. The minimum Gasteiger partial charge on any atom is -0.373 e. The minimum absolute atomic E-state index is 0.103. The summed E-state index contributed by atoms with van der Waals surface area (Å²) < 4.78 is 5.71. The summed E-state index contributed by atoms with van der Waals surface area (Å²) in [7, 11) is 0. The number of anilines is 1. The summed E-state index contributed by atoms with van der Waals surface area (Å²) in [6, 6.07) is 15.1. The van der Waals surface area contributed by atoms with Gasteiger partial charge in [-0.2, -0.15) is 0 Å². The number of aryl methyl sites for hydroxylation is 1. The van der Waals surface area contributed by atoms with E-state index in [1.807, 2.05) is 51.1 Å². The summed E-state index contributed by atoms with van der Waals surface area (Å²) in [6.45, 7) is 8.19. The van der Waals surface area contributed by atoms with Gasteiger partial charge in [0.1, 0.15) is 0 Å². The number of morpholine rings is 1. The van der Waals surface area contributed by atoms with Crippen LogP contribution in [0.5, 0.6) is 0 Å². The standard InChI is InChI=1S/C23H29N3O3/c1-16-8-10-19(11-9-16)12-24-23(28)20-6-4-5-7-21(20)25-22(27)15-26-13-17(2)29-18(3)14-26/h4-11,17-18H,12-15H2,1-3H3,(H,24,28)(H,25,27)/t17-,18-/m0/s1. The first-order valence-electron chi connectivity index (χ1n) is 10.0. The molecule has 0 unspecified atom stereocenters. The predicted molar refractivity (Wildman–Crippen MR) is 114 cm³/mol. The molecule has 2 aromatic carbocycles. The zero-order valence-corrected chi connectivity index (χ0v) is 17.3. The molecule has 154 valence electrons. The average Bonchev–Trinajstić information content (AvgIpc) is 2.67. The molecule has 6 nitrogen and oxygen atoms in total. The van der Waals surface area contributed by atoms with E-state index in [4.69, 9.17) is 4.74 Å². The largest absolute Gasteiger partial charge is 0.373 e. The fourth-order valence-electron chi connectivity index (χ4n) is 3.58. The van der Waals surface area contributed by atoms with Gasteiger partial charge in [0.15, 0.2) is 0 Å². The number of amides is 2. The van der Waals surface area contributed by atoms with Crippen molar-refractivity contribution in [1.29, 1.82) is 0 Å². The van der Waals surface area contributed by atoms with E-state index in [9.17, 15) is 9.59 Å². The highest BCUT2D eigenvalue weighted by molar-refractivity contribution is 6.04. The SMILES string of the molecule is Cc1ccc(CNC(=O)c2ccccc2NC(=O)CN2C[C@H](C)O[C@@H](C)C2)cc1. The molecule has 1 fully saturated rings. The number of nitrogens with one attached hydrogen (secondary N) is 2. The zero-order chi connectivity index (χ0) is 20.8. The number of hydrogen-bond acceptors (Lipinski definition) is 4. The Bertz CT molecular complexity index is 841. The summed E-state index contributed by atoms with van der Waals surface area (Å²) in [4.78, 5) is 27.3. The number of para-hydroxylation sites is 1. The lowest BCUT2D eigenvalue weighted by molar-refractivity contribution is -0.121. The monoisotopic (exact) mass is 395 g/mol. The fraction of sp³-hybridized carbons (Fsp3) is 0.391. The molecular formula is C23H29N3O3. The van der Waals surface area contributed by atoms with Crippen LogP contribution < -0.4 is 10.6 Å². The molecule has 3 rings (SSSR count). The Labute approximate surface area is 172 Å². The second kappa shape index (κ2) is 9.67. The Balaban J connectivity index is 1.59. The van der Waals surface area contributed by atoms with Crippen LogP contribution in [0, 0.1) is 6.92 Å². The van der Waals surface area contributed by atoms with E-state index in [0.717, 1.165) is 18.7 Å². The van der Waals surface area contributed by atoms with Crippen molar-refractivity contribution in [3.8, 4) is 0 Å². The molecule has 0 aromatic heterocycles. The van der Waals surface area contributed by atoms with Crippen molar-refractivity contribution in [3.63, 3.8) is 0 Å². The van der Waals surface area contributed by atoms with E-state index in [1.165, 1.54) is 5.56 Å². The van der Waals surface area contributed by atoms with E-state index < -0.39 is 0 Å². The van der Waals surface area contributed by atoms with Gasteiger partial charge in [-0.25, -0.2) is 0 Å². The van der Waals surface area contributed by atoms with Crippen molar-refractivity contribution in [2.24, 2.45) is 0 Å². The Morgan fingerprint density at radius 3 is 2.38 bits per heavy atom. The van der Waals surface area contributed by atoms with Crippen LogP contribution in [0.1, 0.15) is 35.3 Å². The molecule has 2 N–H and O–H groups in total. The summed E-state index contributed by atoms with van der Waals surface area (Å²) in [5.74, 6) is -0.347. The average molecular weight is 396 g/mol. The summed E-state index contributed by atoms with van der Waals surface area (Å²) in [5, 5.41) is 5.82. The molecule has 0 saturated carbocycles. The second-order valence-corrected chi connectivity index (χ2v) is 7.71. The molecule has 6 heteroatoms. The molecule has 1 saturated heterocycles. The summed E-state index contributed by atoms with van der Waals surface area (Å²) in [5.41, 5.74) is 3.18. The van der Waals surface area contributed by atoms with Gasteiger partial charge in [-0.15, -0.1) is 0 Å². The lowest BCUT2D eigenvalue weighted by Gasteiger charge is -2.34. The minimum atomic E-state index is -0.213. The third kappa shape index (κ3) is 6.14. The molecule has 0 bridgehead atoms. The van der Waals surface area contributed by atoms with Crippen LogP contribution in [-0.4, -0.2) is 48.6 Å². The zero-order valence-electron chi connectivity index (χ0n) is 17.3. The Hall–Kier alpha value is -2.70. The normalized spacial score (nSPS) is 19.6. The van der Waals surface area contributed by atoms with Gasteiger partial charge in [-0.05, 0) is 38.5 Å². The number of hydrogen-bond donors (Lipinski definition) is 2. The van der Waals surface area contributed by atoms with Gasteiger partial charge in [0.25, 0.3) is 5.91 Å². The molecule has 1 aliphatic heterocycles. The number of rotatable bonds is 6. The quantitative estimate of drug-likeness (QED) is 0.789. The third-order valence-electron chi connectivity index (χ3n) is 4.88. The van der Waals surface area contributed by atoms with Gasteiger partial charge in [0.2, 0.25) is 5.91 Å². The topological polar surface area (TPSA) is 70.7 Å². The van der Waals surface area contributed by atoms with E-state index in [2.05, 4.69) is 15.5 Å². The number of ether oxygens (including phenoxy) is 1.